The Kier molecular flexibility index (Phi) is 6.30. The molecule has 0 bridgehead atoms. The Morgan fingerprint density at radius 1 is 0.882 bits per heavy atom. The molecule has 1 fully saturated rings. The average molecular weight is 454 g/mol. The van der Waals surface area contributed by atoms with E-state index in [9.17, 15) is 4.79 Å². The molecule has 6 nitrogen and oxygen atoms in total. The first-order valence-corrected chi connectivity index (χ1v) is 12.0. The summed E-state index contributed by atoms with van der Waals surface area (Å²) in [5.74, 6) is 1.78. The lowest BCUT2D eigenvalue weighted by Crippen LogP contribution is -2.36. The lowest BCUT2D eigenvalue weighted by Gasteiger charge is -2.29. The highest BCUT2D eigenvalue weighted by Crippen LogP contribution is 2.29. The van der Waals surface area contributed by atoms with Gasteiger partial charge >= 0.3 is 0 Å². The number of anilines is 2. The van der Waals surface area contributed by atoms with E-state index >= 15 is 0 Å². The van der Waals surface area contributed by atoms with Crippen molar-refractivity contribution in [3.05, 3.63) is 72.3 Å². The van der Waals surface area contributed by atoms with Crippen LogP contribution < -0.4 is 15.5 Å². The predicted octanol–water partition coefficient (Wildman–Crippen LogP) is 5.14. The van der Waals surface area contributed by atoms with E-state index in [4.69, 9.17) is 9.97 Å². The molecule has 174 valence electrons. The fourth-order valence-corrected chi connectivity index (χ4v) is 4.92. The molecule has 6 heteroatoms. The fraction of sp³-hybridized carbons (Fsp3) is 0.321. The van der Waals surface area contributed by atoms with E-state index in [1.165, 1.54) is 10.8 Å². The second-order valence-electron chi connectivity index (χ2n) is 9.33. The smallest absolute Gasteiger partial charge is 0.225 e. The van der Waals surface area contributed by atoms with E-state index in [-0.39, 0.29) is 17.9 Å². The van der Waals surface area contributed by atoms with Gasteiger partial charge in [-0.1, -0.05) is 54.6 Å². The number of para-hydroxylation sites is 1. The van der Waals surface area contributed by atoms with Crippen LogP contribution in [-0.2, 0) is 11.3 Å². The summed E-state index contributed by atoms with van der Waals surface area (Å²) in [6.07, 6.45) is 3.60. The Morgan fingerprint density at radius 3 is 2.38 bits per heavy atom. The summed E-state index contributed by atoms with van der Waals surface area (Å²) < 4.78 is 0. The summed E-state index contributed by atoms with van der Waals surface area (Å²) in [4.78, 5) is 24.4. The van der Waals surface area contributed by atoms with Gasteiger partial charge in [0.05, 0.1) is 5.52 Å². The van der Waals surface area contributed by atoms with Gasteiger partial charge in [0.25, 0.3) is 0 Å². The molecule has 0 unspecified atom stereocenters. The lowest BCUT2D eigenvalue weighted by molar-refractivity contribution is -0.126. The van der Waals surface area contributed by atoms with E-state index in [0.29, 0.717) is 12.5 Å². The van der Waals surface area contributed by atoms with Crippen molar-refractivity contribution in [1.82, 2.24) is 15.3 Å². The minimum absolute atomic E-state index is 0.0582. The number of aromatic nitrogens is 2. The number of nitrogens with one attached hydrogen (secondary N) is 2. The molecule has 5 rings (SSSR count). The molecule has 4 aromatic rings. The van der Waals surface area contributed by atoms with Crippen LogP contribution in [0.25, 0.3) is 21.7 Å². The fourth-order valence-electron chi connectivity index (χ4n) is 4.92. The minimum atomic E-state index is 0.0582. The molecule has 0 aliphatic heterocycles. The second kappa shape index (κ2) is 9.67. The van der Waals surface area contributed by atoms with Crippen LogP contribution >= 0.6 is 0 Å². The van der Waals surface area contributed by atoms with Crippen LogP contribution in [0.1, 0.15) is 31.2 Å². The van der Waals surface area contributed by atoms with Gasteiger partial charge in [0.2, 0.25) is 11.9 Å². The molecule has 1 saturated carbocycles. The van der Waals surface area contributed by atoms with Gasteiger partial charge in [0.15, 0.2) is 0 Å². The van der Waals surface area contributed by atoms with Gasteiger partial charge in [-0.05, 0) is 54.2 Å². The molecule has 1 heterocycles. The number of hydrogen-bond donors (Lipinski definition) is 2. The van der Waals surface area contributed by atoms with E-state index in [2.05, 4.69) is 47.0 Å². The van der Waals surface area contributed by atoms with Crippen molar-refractivity contribution in [2.24, 2.45) is 5.92 Å². The van der Waals surface area contributed by atoms with Crippen molar-refractivity contribution in [2.45, 2.75) is 38.3 Å². The summed E-state index contributed by atoms with van der Waals surface area (Å²) in [5.41, 5.74) is 2.09. The molecule has 0 atom stereocenters. The quantitative estimate of drug-likeness (QED) is 0.423. The topological polar surface area (TPSA) is 70.2 Å². The number of carbonyl (C=O) groups is 1. The third-order valence-electron chi connectivity index (χ3n) is 6.77. The van der Waals surface area contributed by atoms with Crippen LogP contribution in [0.3, 0.4) is 0 Å². The third kappa shape index (κ3) is 4.67. The van der Waals surface area contributed by atoms with Gasteiger partial charge in [0, 0.05) is 38.0 Å². The highest BCUT2D eigenvalue weighted by Gasteiger charge is 2.27. The van der Waals surface area contributed by atoms with Crippen LogP contribution in [-0.4, -0.2) is 36.0 Å². The Hall–Kier alpha value is -3.67. The van der Waals surface area contributed by atoms with E-state index < -0.39 is 0 Å². The largest absolute Gasteiger partial charge is 0.362 e. The Balaban J connectivity index is 1.18. The number of benzene rings is 3. The Bertz CT molecular complexity index is 1310. The number of carbonyl (C=O) groups excluding carboxylic acids is 1. The third-order valence-corrected chi connectivity index (χ3v) is 6.77. The highest BCUT2D eigenvalue weighted by molar-refractivity contribution is 5.90. The van der Waals surface area contributed by atoms with Crippen molar-refractivity contribution in [3.63, 3.8) is 0 Å². The van der Waals surface area contributed by atoms with Gasteiger partial charge in [0.1, 0.15) is 5.82 Å². The van der Waals surface area contributed by atoms with Gasteiger partial charge < -0.3 is 15.5 Å². The lowest BCUT2D eigenvalue weighted by atomic mass is 9.85. The first-order chi connectivity index (χ1) is 16.6. The van der Waals surface area contributed by atoms with Crippen LogP contribution in [0.4, 0.5) is 11.8 Å². The van der Waals surface area contributed by atoms with Crippen molar-refractivity contribution in [3.8, 4) is 0 Å². The molecule has 3 aromatic carbocycles. The predicted molar refractivity (Wildman–Crippen MR) is 139 cm³/mol. The average Bonchev–Trinajstić information content (AvgIpc) is 2.87. The van der Waals surface area contributed by atoms with Crippen molar-refractivity contribution in [2.75, 3.05) is 24.3 Å². The zero-order valence-corrected chi connectivity index (χ0v) is 19.8. The van der Waals surface area contributed by atoms with Crippen molar-refractivity contribution >= 4 is 39.3 Å². The molecule has 1 aliphatic rings. The standard InChI is InChI=1S/C28H31N5O/c1-33(2)26-24-12-5-6-13-25(24)31-28(32-26)30-22-16-14-20(15-17-22)27(34)29-18-21-10-7-9-19-8-3-4-11-23(19)21/h3-13,20,22H,14-18H2,1-2H3,(H,29,34)(H,30,31,32). The summed E-state index contributed by atoms with van der Waals surface area (Å²) in [6, 6.07) is 22.9. The number of fused-ring (bicyclic) bond motifs is 2. The van der Waals surface area contributed by atoms with Crippen LogP contribution in [0.2, 0.25) is 0 Å². The van der Waals surface area contributed by atoms with E-state index in [0.717, 1.165) is 48.0 Å². The molecule has 34 heavy (non-hydrogen) atoms. The molecule has 0 spiro atoms. The molecule has 2 N–H and O–H groups in total. The molecule has 1 amide bonds. The Labute approximate surface area is 200 Å². The first kappa shape index (κ1) is 22.1. The molecule has 0 saturated heterocycles. The number of nitrogens with zero attached hydrogens (tertiary/aromatic N) is 3. The zero-order valence-electron chi connectivity index (χ0n) is 19.8. The van der Waals surface area contributed by atoms with E-state index in [1.54, 1.807) is 0 Å². The summed E-state index contributed by atoms with van der Waals surface area (Å²) >= 11 is 0. The van der Waals surface area contributed by atoms with E-state index in [1.807, 2.05) is 49.3 Å². The van der Waals surface area contributed by atoms with Gasteiger partial charge in [-0.3, -0.25) is 4.79 Å². The Morgan fingerprint density at radius 2 is 1.59 bits per heavy atom. The minimum Gasteiger partial charge on any atom is -0.362 e. The SMILES string of the molecule is CN(C)c1nc(NC2CCC(C(=O)NCc3cccc4ccccc34)CC2)nc2ccccc12. The van der Waals surface area contributed by atoms with Crippen molar-refractivity contribution in [1.29, 1.82) is 0 Å². The van der Waals surface area contributed by atoms with Crippen LogP contribution in [0, 0.1) is 5.92 Å². The number of hydrogen-bond acceptors (Lipinski definition) is 5. The molecule has 0 radical (unpaired) electrons. The van der Waals surface area contributed by atoms with Crippen molar-refractivity contribution < 1.29 is 4.79 Å². The zero-order chi connectivity index (χ0) is 23.5. The van der Waals surface area contributed by atoms with Gasteiger partial charge in [-0.15, -0.1) is 0 Å². The maximum atomic E-state index is 12.9. The second-order valence-corrected chi connectivity index (χ2v) is 9.33. The number of amides is 1. The summed E-state index contributed by atoms with van der Waals surface area (Å²) in [7, 11) is 4.00. The highest BCUT2D eigenvalue weighted by atomic mass is 16.1. The molecule has 1 aromatic heterocycles. The van der Waals surface area contributed by atoms with Crippen LogP contribution in [0.15, 0.2) is 66.7 Å². The maximum Gasteiger partial charge on any atom is 0.225 e. The van der Waals surface area contributed by atoms with Gasteiger partial charge in [-0.2, -0.15) is 4.98 Å². The molecular formula is C28H31N5O. The first-order valence-electron chi connectivity index (χ1n) is 12.0. The van der Waals surface area contributed by atoms with Crippen LogP contribution in [0.5, 0.6) is 0 Å². The van der Waals surface area contributed by atoms with Gasteiger partial charge in [-0.25, -0.2) is 4.98 Å². The maximum absolute atomic E-state index is 12.9. The molecule has 1 aliphatic carbocycles. The summed E-state index contributed by atoms with van der Waals surface area (Å²) in [5, 5.41) is 10.1. The molecular weight excluding hydrogens is 422 g/mol. The summed E-state index contributed by atoms with van der Waals surface area (Å²) in [6.45, 7) is 0.566. The normalized spacial score (nSPS) is 18.1. The number of rotatable bonds is 6. The monoisotopic (exact) mass is 453 g/mol.